The lowest BCUT2D eigenvalue weighted by atomic mass is 10.4. The van der Waals surface area contributed by atoms with Crippen LogP contribution in [0.15, 0.2) is 0 Å². The third kappa shape index (κ3) is 9.35. The summed E-state index contributed by atoms with van der Waals surface area (Å²) in [5, 5.41) is 45.0. The van der Waals surface area contributed by atoms with E-state index in [2.05, 4.69) is 0 Å². The summed E-state index contributed by atoms with van der Waals surface area (Å²) in [6.07, 6.45) is -3.57. The van der Waals surface area contributed by atoms with Gasteiger partial charge in [0.2, 0.25) is 0 Å². The van der Waals surface area contributed by atoms with Crippen molar-refractivity contribution in [3.63, 3.8) is 0 Å². The number of ether oxygens (including phenoxy) is 4. The number of aldehydes is 1. The average Bonchev–Trinajstić information content (AvgIpc) is 2.56. The molecule has 3 unspecified atom stereocenters. The van der Waals surface area contributed by atoms with Gasteiger partial charge in [-0.05, 0) is 0 Å². The molecule has 0 aromatic carbocycles. The van der Waals surface area contributed by atoms with Gasteiger partial charge in [-0.25, -0.2) is 0 Å². The Morgan fingerprint density at radius 1 is 0.727 bits per heavy atom. The van der Waals surface area contributed by atoms with E-state index in [4.69, 9.17) is 44.5 Å². The molecular weight excluding hydrogens is 304 g/mol. The highest BCUT2D eigenvalue weighted by Crippen LogP contribution is 2.05. The number of aliphatic hydroxyl groups excluding tert-OH is 5. The molecule has 0 bridgehead atoms. The quantitative estimate of drug-likeness (QED) is 0.152. The molecule has 0 amide bonds. The molecular formula is C12H24O10. The molecule has 0 heterocycles. The van der Waals surface area contributed by atoms with Crippen LogP contribution in [0.25, 0.3) is 0 Å². The first-order valence-corrected chi connectivity index (χ1v) is 6.67. The highest BCUT2D eigenvalue weighted by molar-refractivity contribution is 5.50. The third-order valence-corrected chi connectivity index (χ3v) is 2.42. The lowest BCUT2D eigenvalue weighted by molar-refractivity contribution is -0.239. The predicted octanol–water partition coefficient (Wildman–Crippen LogP) is -3.40. The van der Waals surface area contributed by atoms with Gasteiger partial charge in [0.25, 0.3) is 0 Å². The van der Waals surface area contributed by atoms with Gasteiger partial charge in [0.15, 0.2) is 12.6 Å². The second-order valence-electron chi connectivity index (χ2n) is 4.12. The fraction of sp³-hybridized carbons (Fsp3) is 0.917. The standard InChI is InChI=1S/C12H24O10/c13-1-2-19-11(6-17)22-10(5-16)8-20-12(7-18)21-9(3-14)4-15/h1,9-12,14-18H,2-8H2. The van der Waals surface area contributed by atoms with Crippen molar-refractivity contribution in [2.45, 2.75) is 24.8 Å². The first-order chi connectivity index (χ1) is 10.6. The predicted molar refractivity (Wildman–Crippen MR) is 70.7 cm³/mol. The van der Waals surface area contributed by atoms with Crippen LogP contribution in [-0.2, 0) is 23.7 Å². The van der Waals surface area contributed by atoms with Gasteiger partial charge in [0.1, 0.15) is 25.1 Å². The topological polar surface area (TPSA) is 155 Å². The molecule has 10 nitrogen and oxygen atoms in total. The van der Waals surface area contributed by atoms with Crippen molar-refractivity contribution >= 4 is 6.29 Å². The van der Waals surface area contributed by atoms with Crippen LogP contribution in [0.4, 0.5) is 0 Å². The number of rotatable bonds is 15. The van der Waals surface area contributed by atoms with E-state index in [1.807, 2.05) is 0 Å². The molecule has 5 N–H and O–H groups in total. The maximum Gasteiger partial charge on any atom is 0.181 e. The number of carbonyl (C=O) groups excluding carboxylic acids is 1. The van der Waals surface area contributed by atoms with E-state index in [0.717, 1.165) is 0 Å². The summed E-state index contributed by atoms with van der Waals surface area (Å²) in [5.41, 5.74) is 0. The maximum atomic E-state index is 10.2. The average molecular weight is 328 g/mol. The highest BCUT2D eigenvalue weighted by Gasteiger charge is 2.20. The van der Waals surface area contributed by atoms with E-state index < -0.39 is 57.8 Å². The molecule has 22 heavy (non-hydrogen) atoms. The Labute approximate surface area is 127 Å². The van der Waals surface area contributed by atoms with Crippen LogP contribution in [0, 0.1) is 0 Å². The SMILES string of the molecule is O=CCOC(CO)OC(CO)COC(CO)OC(CO)CO. The molecule has 0 aromatic rings. The van der Waals surface area contributed by atoms with Gasteiger partial charge in [-0.3, -0.25) is 0 Å². The van der Waals surface area contributed by atoms with Crippen LogP contribution < -0.4 is 0 Å². The monoisotopic (exact) mass is 328 g/mol. The van der Waals surface area contributed by atoms with Crippen molar-refractivity contribution in [2.24, 2.45) is 0 Å². The van der Waals surface area contributed by atoms with Crippen molar-refractivity contribution in [3.05, 3.63) is 0 Å². The molecule has 0 spiro atoms. The Morgan fingerprint density at radius 2 is 1.23 bits per heavy atom. The van der Waals surface area contributed by atoms with Crippen molar-refractivity contribution in [1.82, 2.24) is 0 Å². The van der Waals surface area contributed by atoms with Gasteiger partial charge in [-0.1, -0.05) is 0 Å². The zero-order valence-electron chi connectivity index (χ0n) is 12.1. The minimum Gasteiger partial charge on any atom is -0.394 e. The molecule has 0 radical (unpaired) electrons. The zero-order chi connectivity index (χ0) is 16.8. The lowest BCUT2D eigenvalue weighted by Crippen LogP contribution is -2.37. The number of hydrogen-bond acceptors (Lipinski definition) is 10. The molecule has 0 rings (SSSR count). The fourth-order valence-corrected chi connectivity index (χ4v) is 1.34. The van der Waals surface area contributed by atoms with E-state index in [9.17, 15) is 4.79 Å². The summed E-state index contributed by atoms with van der Waals surface area (Å²) in [5.74, 6) is 0. The first kappa shape index (κ1) is 21.3. The molecule has 0 aliphatic heterocycles. The molecule has 0 saturated heterocycles. The molecule has 0 fully saturated rings. The van der Waals surface area contributed by atoms with Gasteiger partial charge in [-0.15, -0.1) is 0 Å². The minimum atomic E-state index is -1.13. The Kier molecular flexibility index (Phi) is 13.5. The van der Waals surface area contributed by atoms with Crippen LogP contribution in [0.2, 0.25) is 0 Å². The van der Waals surface area contributed by atoms with Crippen molar-refractivity contribution in [3.8, 4) is 0 Å². The van der Waals surface area contributed by atoms with Crippen LogP contribution in [-0.4, -0.2) is 103 Å². The van der Waals surface area contributed by atoms with Gasteiger partial charge in [-0.2, -0.15) is 0 Å². The smallest absolute Gasteiger partial charge is 0.181 e. The molecule has 3 atom stereocenters. The summed E-state index contributed by atoms with van der Waals surface area (Å²) in [7, 11) is 0. The number of aliphatic hydroxyl groups is 5. The molecule has 0 aliphatic carbocycles. The lowest BCUT2D eigenvalue weighted by Gasteiger charge is -2.25. The van der Waals surface area contributed by atoms with E-state index in [0.29, 0.717) is 6.29 Å². The first-order valence-electron chi connectivity index (χ1n) is 6.67. The van der Waals surface area contributed by atoms with Crippen molar-refractivity contribution < 1.29 is 49.3 Å². The zero-order valence-corrected chi connectivity index (χ0v) is 12.1. The van der Waals surface area contributed by atoms with E-state index in [-0.39, 0.29) is 13.2 Å². The van der Waals surface area contributed by atoms with Gasteiger partial charge < -0.3 is 49.3 Å². The molecule has 132 valence electrons. The number of carbonyl (C=O) groups is 1. The second kappa shape index (κ2) is 13.9. The molecule has 0 aromatic heterocycles. The Morgan fingerprint density at radius 3 is 1.68 bits per heavy atom. The summed E-state index contributed by atoms with van der Waals surface area (Å²) in [4.78, 5) is 10.2. The summed E-state index contributed by atoms with van der Waals surface area (Å²) < 4.78 is 20.2. The maximum absolute atomic E-state index is 10.2. The van der Waals surface area contributed by atoms with Gasteiger partial charge in [0.05, 0.1) is 39.6 Å². The minimum absolute atomic E-state index is 0.216. The molecule has 0 aliphatic rings. The third-order valence-electron chi connectivity index (χ3n) is 2.42. The summed E-state index contributed by atoms with van der Waals surface area (Å²) in [6, 6.07) is 0. The van der Waals surface area contributed by atoms with Crippen LogP contribution in [0.5, 0.6) is 0 Å². The highest BCUT2D eigenvalue weighted by atomic mass is 16.7. The van der Waals surface area contributed by atoms with E-state index in [1.54, 1.807) is 0 Å². The van der Waals surface area contributed by atoms with E-state index in [1.165, 1.54) is 0 Å². The summed E-state index contributed by atoms with van der Waals surface area (Å²) in [6.45, 7) is -2.94. The summed E-state index contributed by atoms with van der Waals surface area (Å²) >= 11 is 0. The van der Waals surface area contributed by atoms with Crippen LogP contribution >= 0.6 is 0 Å². The Bertz CT molecular complexity index is 260. The normalized spacial score (nSPS) is 15.7. The molecule has 0 saturated carbocycles. The Hall–Kier alpha value is -0.690. The number of hydrogen-bond donors (Lipinski definition) is 5. The second-order valence-corrected chi connectivity index (χ2v) is 4.12. The van der Waals surface area contributed by atoms with Gasteiger partial charge >= 0.3 is 0 Å². The fourth-order valence-electron chi connectivity index (χ4n) is 1.34. The van der Waals surface area contributed by atoms with Crippen molar-refractivity contribution in [2.75, 3.05) is 46.2 Å². The van der Waals surface area contributed by atoms with Crippen LogP contribution in [0.3, 0.4) is 0 Å². The van der Waals surface area contributed by atoms with Crippen molar-refractivity contribution in [1.29, 1.82) is 0 Å². The molecule has 10 heteroatoms. The largest absolute Gasteiger partial charge is 0.394 e. The van der Waals surface area contributed by atoms with Crippen LogP contribution in [0.1, 0.15) is 0 Å². The Balaban J connectivity index is 4.25. The van der Waals surface area contributed by atoms with E-state index >= 15 is 0 Å². The van der Waals surface area contributed by atoms with Gasteiger partial charge in [0, 0.05) is 0 Å².